The molecular weight excluding hydrogens is 476 g/mol. The fourth-order valence-electron chi connectivity index (χ4n) is 3.58. The van der Waals surface area contributed by atoms with Gasteiger partial charge in [0.05, 0.1) is 11.2 Å². The maximum Gasteiger partial charge on any atom is 0.246 e. The molecule has 1 fully saturated rings. The zero-order valence-electron chi connectivity index (χ0n) is 17.4. The summed E-state index contributed by atoms with van der Waals surface area (Å²) in [5.41, 5.74) is 0.708. The van der Waals surface area contributed by atoms with E-state index in [9.17, 15) is 22.0 Å². The Morgan fingerprint density at radius 1 is 1.09 bits per heavy atom. The molecule has 1 amide bonds. The van der Waals surface area contributed by atoms with Crippen LogP contribution in [0.5, 0.6) is 0 Å². The minimum absolute atomic E-state index is 0.0144. The normalized spacial score (nSPS) is 15.1. The van der Waals surface area contributed by atoms with Crippen molar-refractivity contribution in [2.24, 2.45) is 0 Å². The lowest BCUT2D eigenvalue weighted by Gasteiger charge is -2.34. The van der Waals surface area contributed by atoms with E-state index >= 15 is 0 Å². The predicted octanol–water partition coefficient (Wildman–Crippen LogP) is 3.74. The van der Waals surface area contributed by atoms with Gasteiger partial charge in [-0.1, -0.05) is 23.7 Å². The second-order valence-corrected chi connectivity index (χ2v) is 9.77. The summed E-state index contributed by atoms with van der Waals surface area (Å²) in [5.74, 6) is -1.26. The summed E-state index contributed by atoms with van der Waals surface area (Å²) >= 11 is 6.16. The number of benzene rings is 2. The van der Waals surface area contributed by atoms with Gasteiger partial charge in [0.2, 0.25) is 15.9 Å². The molecule has 2 aromatic carbocycles. The summed E-state index contributed by atoms with van der Waals surface area (Å²) in [7, 11) is -4.12. The van der Waals surface area contributed by atoms with E-state index in [2.05, 4.69) is 4.98 Å². The number of piperazine rings is 1. The Kier molecular flexibility index (Phi) is 6.78. The van der Waals surface area contributed by atoms with E-state index in [0.717, 1.165) is 16.4 Å². The van der Waals surface area contributed by atoms with Crippen LogP contribution in [0.1, 0.15) is 12.3 Å². The maximum atomic E-state index is 14.0. The maximum absolute atomic E-state index is 14.0. The molecule has 0 saturated carbocycles. The van der Waals surface area contributed by atoms with Crippen LogP contribution in [0, 0.1) is 11.6 Å². The number of amides is 1. The molecule has 2 heterocycles. The average Bonchev–Trinajstić information content (AvgIpc) is 3.26. The van der Waals surface area contributed by atoms with Gasteiger partial charge in [-0.2, -0.15) is 4.31 Å². The minimum Gasteiger partial charge on any atom is -0.441 e. The van der Waals surface area contributed by atoms with Crippen molar-refractivity contribution >= 4 is 27.5 Å². The number of halogens is 3. The van der Waals surface area contributed by atoms with Crippen molar-refractivity contribution in [2.45, 2.75) is 17.7 Å². The molecule has 0 atom stereocenters. The fraction of sp³-hybridized carbons (Fsp3) is 0.273. The lowest BCUT2D eigenvalue weighted by molar-refractivity contribution is -0.132. The van der Waals surface area contributed by atoms with E-state index in [1.807, 2.05) is 18.2 Å². The lowest BCUT2D eigenvalue weighted by Crippen LogP contribution is -2.50. The number of hydrogen-bond donors (Lipinski definition) is 0. The largest absolute Gasteiger partial charge is 0.441 e. The molecule has 0 N–H and O–H groups in total. The van der Waals surface area contributed by atoms with Crippen LogP contribution in [0.25, 0.3) is 11.3 Å². The number of sulfonamides is 1. The number of aryl methyl sites for hydroxylation is 1. The van der Waals surface area contributed by atoms with E-state index < -0.39 is 26.6 Å². The second-order valence-electron chi connectivity index (χ2n) is 7.46. The molecule has 1 aromatic heterocycles. The van der Waals surface area contributed by atoms with Crippen LogP contribution in [-0.2, 0) is 21.2 Å². The van der Waals surface area contributed by atoms with Crippen molar-refractivity contribution in [3.05, 3.63) is 71.2 Å². The Bertz CT molecular complexity index is 1270. The third-order valence-corrected chi connectivity index (χ3v) is 7.61. The molecule has 1 saturated heterocycles. The second kappa shape index (κ2) is 9.58. The molecule has 0 radical (unpaired) electrons. The van der Waals surface area contributed by atoms with Crippen molar-refractivity contribution in [2.75, 3.05) is 26.2 Å². The summed E-state index contributed by atoms with van der Waals surface area (Å²) in [4.78, 5) is 17.7. The fourth-order valence-corrected chi connectivity index (χ4v) is 5.28. The molecule has 4 rings (SSSR count). The molecule has 0 bridgehead atoms. The first kappa shape index (κ1) is 23.3. The lowest BCUT2D eigenvalue weighted by atomic mass is 10.2. The third-order valence-electron chi connectivity index (χ3n) is 5.35. The summed E-state index contributed by atoms with van der Waals surface area (Å²) in [6.45, 7) is 0.357. The van der Waals surface area contributed by atoms with Crippen molar-refractivity contribution in [3.63, 3.8) is 0 Å². The van der Waals surface area contributed by atoms with Crippen LogP contribution >= 0.6 is 11.6 Å². The van der Waals surface area contributed by atoms with Gasteiger partial charge < -0.3 is 9.32 Å². The molecule has 0 aliphatic carbocycles. The molecule has 174 valence electrons. The van der Waals surface area contributed by atoms with Crippen LogP contribution in [0.2, 0.25) is 5.02 Å². The minimum atomic E-state index is -4.12. The Morgan fingerprint density at radius 3 is 2.52 bits per heavy atom. The highest BCUT2D eigenvalue weighted by Crippen LogP contribution is 2.28. The summed E-state index contributed by atoms with van der Waals surface area (Å²) < 4.78 is 59.2. The van der Waals surface area contributed by atoms with E-state index in [0.29, 0.717) is 28.3 Å². The van der Waals surface area contributed by atoms with Gasteiger partial charge in [0.15, 0.2) is 11.7 Å². The monoisotopic (exact) mass is 495 g/mol. The molecule has 11 heteroatoms. The first-order chi connectivity index (χ1) is 15.8. The Hall–Kier alpha value is -2.82. The predicted molar refractivity (Wildman–Crippen MR) is 117 cm³/mol. The van der Waals surface area contributed by atoms with E-state index in [1.165, 1.54) is 0 Å². The molecule has 0 spiro atoms. The highest BCUT2D eigenvalue weighted by molar-refractivity contribution is 7.89. The number of carbonyl (C=O) groups is 1. The van der Waals surface area contributed by atoms with Crippen molar-refractivity contribution in [1.82, 2.24) is 14.2 Å². The van der Waals surface area contributed by atoms with E-state index in [-0.39, 0.29) is 44.9 Å². The van der Waals surface area contributed by atoms with Gasteiger partial charge in [-0.15, -0.1) is 0 Å². The van der Waals surface area contributed by atoms with E-state index in [4.69, 9.17) is 16.0 Å². The number of aromatic nitrogens is 1. The molecule has 7 nitrogen and oxygen atoms in total. The van der Waals surface area contributed by atoms with Crippen molar-refractivity contribution < 1.29 is 26.4 Å². The Morgan fingerprint density at radius 2 is 1.82 bits per heavy atom. The average molecular weight is 496 g/mol. The van der Waals surface area contributed by atoms with Gasteiger partial charge in [0.1, 0.15) is 16.5 Å². The van der Waals surface area contributed by atoms with Gasteiger partial charge in [0, 0.05) is 50.7 Å². The summed E-state index contributed by atoms with van der Waals surface area (Å²) in [6, 6.07) is 9.53. The SMILES string of the molecule is O=C(CCc1ncc(-c2ccccc2Cl)o1)N1CCN(S(=O)(=O)c2ccc(F)cc2F)CC1. The highest BCUT2D eigenvalue weighted by Gasteiger charge is 2.32. The highest BCUT2D eigenvalue weighted by atomic mass is 35.5. The molecule has 33 heavy (non-hydrogen) atoms. The van der Waals surface area contributed by atoms with Crippen LogP contribution < -0.4 is 0 Å². The van der Waals surface area contributed by atoms with Gasteiger partial charge >= 0.3 is 0 Å². The summed E-state index contributed by atoms with van der Waals surface area (Å²) in [6.07, 6.45) is 1.98. The van der Waals surface area contributed by atoms with E-state index in [1.54, 1.807) is 17.2 Å². The van der Waals surface area contributed by atoms with Crippen molar-refractivity contribution in [1.29, 1.82) is 0 Å². The molecule has 1 aliphatic heterocycles. The number of hydrogen-bond acceptors (Lipinski definition) is 5. The first-order valence-corrected chi connectivity index (χ1v) is 12.0. The zero-order valence-corrected chi connectivity index (χ0v) is 19.0. The van der Waals surface area contributed by atoms with Gasteiger partial charge in [-0.3, -0.25) is 4.79 Å². The zero-order chi connectivity index (χ0) is 23.6. The number of nitrogens with zero attached hydrogens (tertiary/aromatic N) is 3. The van der Waals surface area contributed by atoms with Crippen LogP contribution in [-0.4, -0.2) is 54.7 Å². The summed E-state index contributed by atoms with van der Waals surface area (Å²) in [5, 5.41) is 0.532. The van der Waals surface area contributed by atoms with Gasteiger partial charge in [0.25, 0.3) is 0 Å². The molecule has 3 aromatic rings. The Balaban J connectivity index is 1.32. The molecule has 1 aliphatic rings. The van der Waals surface area contributed by atoms with Gasteiger partial charge in [-0.25, -0.2) is 22.2 Å². The Labute approximate surface area is 194 Å². The smallest absolute Gasteiger partial charge is 0.246 e. The topological polar surface area (TPSA) is 83.7 Å². The van der Waals surface area contributed by atoms with Crippen molar-refractivity contribution in [3.8, 4) is 11.3 Å². The standard InChI is InChI=1S/C22H20ClF2N3O4S/c23-17-4-2-1-3-16(17)19-14-26-21(32-19)7-8-22(29)27-9-11-28(12-10-27)33(30,31)20-6-5-15(24)13-18(20)25/h1-6,13-14H,7-12H2. The van der Waals surface area contributed by atoms with Crippen LogP contribution in [0.4, 0.5) is 8.78 Å². The number of rotatable bonds is 6. The molecule has 0 unspecified atom stereocenters. The quantitative estimate of drug-likeness (QED) is 0.520. The van der Waals surface area contributed by atoms with Crippen LogP contribution in [0.15, 0.2) is 58.0 Å². The van der Waals surface area contributed by atoms with Gasteiger partial charge in [-0.05, 0) is 24.3 Å². The molecular formula is C22H20ClF2N3O4S. The van der Waals surface area contributed by atoms with Crippen LogP contribution in [0.3, 0.4) is 0 Å². The first-order valence-electron chi connectivity index (χ1n) is 10.2. The third kappa shape index (κ3) is 5.07. The number of carbonyl (C=O) groups excluding carboxylic acids is 1. The number of oxazole rings is 1.